The standard InChI is InChI=1S/C14H19N3O/c1-2-4-14-12(3-1)13(11-18-14)16-7-10-17-8-5-15-6-9-17/h1-4,11,15-16H,5-10H2. The molecule has 0 atom stereocenters. The third kappa shape index (κ3) is 2.49. The molecule has 1 aliphatic heterocycles. The van der Waals surface area contributed by atoms with Crippen LogP contribution in [0.25, 0.3) is 11.0 Å². The monoisotopic (exact) mass is 245 g/mol. The summed E-state index contributed by atoms with van der Waals surface area (Å²) in [7, 11) is 0. The van der Waals surface area contributed by atoms with Crippen LogP contribution in [0.1, 0.15) is 0 Å². The van der Waals surface area contributed by atoms with Crippen LogP contribution in [0.2, 0.25) is 0 Å². The maximum absolute atomic E-state index is 5.51. The van der Waals surface area contributed by atoms with Gasteiger partial charge in [-0.3, -0.25) is 4.90 Å². The van der Waals surface area contributed by atoms with E-state index in [2.05, 4.69) is 21.6 Å². The highest BCUT2D eigenvalue weighted by Gasteiger charge is 2.09. The second-order valence-electron chi connectivity index (χ2n) is 4.66. The second-order valence-corrected chi connectivity index (χ2v) is 4.66. The second kappa shape index (κ2) is 5.42. The van der Waals surface area contributed by atoms with E-state index in [0.29, 0.717) is 0 Å². The van der Waals surface area contributed by atoms with Gasteiger partial charge in [0.2, 0.25) is 0 Å². The summed E-state index contributed by atoms with van der Waals surface area (Å²) in [5.74, 6) is 0. The normalized spacial score (nSPS) is 17.1. The summed E-state index contributed by atoms with van der Waals surface area (Å²) >= 11 is 0. The van der Waals surface area contributed by atoms with Crippen LogP contribution in [0.3, 0.4) is 0 Å². The van der Waals surface area contributed by atoms with Gasteiger partial charge in [-0.2, -0.15) is 0 Å². The maximum atomic E-state index is 5.51. The Hall–Kier alpha value is -1.52. The van der Waals surface area contributed by atoms with Crippen LogP contribution >= 0.6 is 0 Å². The van der Waals surface area contributed by atoms with E-state index >= 15 is 0 Å². The molecule has 4 heteroatoms. The first-order valence-corrected chi connectivity index (χ1v) is 6.57. The van der Waals surface area contributed by atoms with Gasteiger partial charge < -0.3 is 15.1 Å². The topological polar surface area (TPSA) is 40.4 Å². The van der Waals surface area contributed by atoms with Crippen LogP contribution < -0.4 is 10.6 Å². The van der Waals surface area contributed by atoms with Gasteiger partial charge in [0.25, 0.3) is 0 Å². The van der Waals surface area contributed by atoms with Crippen molar-refractivity contribution in [2.45, 2.75) is 0 Å². The lowest BCUT2D eigenvalue weighted by molar-refractivity contribution is 0.249. The highest BCUT2D eigenvalue weighted by atomic mass is 16.3. The molecule has 18 heavy (non-hydrogen) atoms. The van der Waals surface area contributed by atoms with E-state index in [0.717, 1.165) is 55.9 Å². The first-order chi connectivity index (χ1) is 8.93. The van der Waals surface area contributed by atoms with Gasteiger partial charge in [-0.15, -0.1) is 0 Å². The lowest BCUT2D eigenvalue weighted by atomic mass is 10.2. The van der Waals surface area contributed by atoms with Crippen molar-refractivity contribution >= 4 is 16.7 Å². The number of hydrogen-bond acceptors (Lipinski definition) is 4. The van der Waals surface area contributed by atoms with Gasteiger partial charge in [-0.1, -0.05) is 12.1 Å². The average molecular weight is 245 g/mol. The zero-order chi connectivity index (χ0) is 12.2. The molecule has 4 nitrogen and oxygen atoms in total. The molecular weight excluding hydrogens is 226 g/mol. The molecule has 0 bridgehead atoms. The number of nitrogens with zero attached hydrogens (tertiary/aromatic N) is 1. The number of furan rings is 1. The smallest absolute Gasteiger partial charge is 0.136 e. The number of benzene rings is 1. The van der Waals surface area contributed by atoms with Crippen molar-refractivity contribution < 1.29 is 4.42 Å². The van der Waals surface area contributed by atoms with Gasteiger partial charge >= 0.3 is 0 Å². The molecular formula is C14H19N3O. The molecule has 0 saturated carbocycles. The summed E-state index contributed by atoms with van der Waals surface area (Å²) in [5, 5.41) is 7.99. The number of piperazine rings is 1. The summed E-state index contributed by atoms with van der Waals surface area (Å²) in [5.41, 5.74) is 2.04. The number of fused-ring (bicyclic) bond motifs is 1. The van der Waals surface area contributed by atoms with Crippen molar-refractivity contribution in [2.75, 3.05) is 44.6 Å². The third-order valence-corrected chi connectivity index (χ3v) is 3.43. The Kier molecular flexibility index (Phi) is 3.48. The van der Waals surface area contributed by atoms with E-state index in [4.69, 9.17) is 4.42 Å². The molecule has 0 amide bonds. The van der Waals surface area contributed by atoms with Crippen LogP contribution in [0.4, 0.5) is 5.69 Å². The summed E-state index contributed by atoms with van der Waals surface area (Å²) in [6, 6.07) is 8.12. The number of nitrogens with one attached hydrogen (secondary N) is 2. The number of anilines is 1. The van der Waals surface area contributed by atoms with E-state index in [-0.39, 0.29) is 0 Å². The van der Waals surface area contributed by atoms with Gasteiger partial charge in [0.15, 0.2) is 0 Å². The highest BCUT2D eigenvalue weighted by Crippen LogP contribution is 2.24. The molecule has 0 unspecified atom stereocenters. The Labute approximate surface area is 107 Å². The predicted octanol–water partition coefficient (Wildman–Crippen LogP) is 1.75. The molecule has 0 spiro atoms. The Morgan fingerprint density at radius 2 is 2.06 bits per heavy atom. The van der Waals surface area contributed by atoms with Crippen molar-refractivity contribution in [1.29, 1.82) is 0 Å². The van der Waals surface area contributed by atoms with Crippen molar-refractivity contribution in [3.8, 4) is 0 Å². The minimum atomic E-state index is 0.946. The fourth-order valence-corrected chi connectivity index (χ4v) is 2.40. The van der Waals surface area contributed by atoms with Crippen LogP contribution in [0.5, 0.6) is 0 Å². The highest BCUT2D eigenvalue weighted by molar-refractivity contribution is 5.90. The molecule has 2 heterocycles. The number of hydrogen-bond donors (Lipinski definition) is 2. The molecule has 0 radical (unpaired) electrons. The van der Waals surface area contributed by atoms with Gasteiger partial charge in [0.1, 0.15) is 11.8 Å². The summed E-state index contributed by atoms with van der Waals surface area (Å²) in [6.45, 7) is 6.55. The van der Waals surface area contributed by atoms with Crippen LogP contribution in [-0.2, 0) is 0 Å². The zero-order valence-electron chi connectivity index (χ0n) is 10.5. The van der Waals surface area contributed by atoms with Crippen LogP contribution in [0, 0.1) is 0 Å². The zero-order valence-corrected chi connectivity index (χ0v) is 10.5. The quantitative estimate of drug-likeness (QED) is 0.861. The fourth-order valence-electron chi connectivity index (χ4n) is 2.40. The summed E-state index contributed by atoms with van der Waals surface area (Å²) < 4.78 is 5.51. The van der Waals surface area contributed by atoms with Gasteiger partial charge in [-0.25, -0.2) is 0 Å². The summed E-state index contributed by atoms with van der Waals surface area (Å²) in [6.07, 6.45) is 1.81. The lowest BCUT2D eigenvalue weighted by Gasteiger charge is -2.27. The Morgan fingerprint density at radius 3 is 2.94 bits per heavy atom. The average Bonchev–Trinajstić information content (AvgIpc) is 2.84. The lowest BCUT2D eigenvalue weighted by Crippen LogP contribution is -2.45. The SMILES string of the molecule is c1ccc2c(NCCN3CCNCC3)coc2c1. The van der Waals surface area contributed by atoms with E-state index in [9.17, 15) is 0 Å². The Balaban J connectivity index is 1.56. The molecule has 2 aromatic rings. The minimum absolute atomic E-state index is 0.946. The van der Waals surface area contributed by atoms with Crippen molar-refractivity contribution in [3.05, 3.63) is 30.5 Å². The first kappa shape index (κ1) is 11.6. The van der Waals surface area contributed by atoms with Gasteiger partial charge in [0, 0.05) is 44.7 Å². The first-order valence-electron chi connectivity index (χ1n) is 6.57. The number of rotatable bonds is 4. The largest absolute Gasteiger partial charge is 0.462 e. The van der Waals surface area contributed by atoms with E-state index in [1.807, 2.05) is 24.5 Å². The van der Waals surface area contributed by atoms with Gasteiger partial charge in [-0.05, 0) is 12.1 Å². The van der Waals surface area contributed by atoms with Crippen LogP contribution in [-0.4, -0.2) is 44.2 Å². The van der Waals surface area contributed by atoms with E-state index in [1.54, 1.807) is 0 Å². The predicted molar refractivity (Wildman–Crippen MR) is 74.0 cm³/mol. The number of para-hydroxylation sites is 1. The molecule has 1 fully saturated rings. The van der Waals surface area contributed by atoms with Gasteiger partial charge in [0.05, 0.1) is 5.69 Å². The fraction of sp³-hybridized carbons (Fsp3) is 0.429. The van der Waals surface area contributed by atoms with Crippen molar-refractivity contribution in [3.63, 3.8) is 0 Å². The third-order valence-electron chi connectivity index (χ3n) is 3.43. The molecule has 96 valence electrons. The maximum Gasteiger partial charge on any atom is 0.136 e. The molecule has 1 aromatic carbocycles. The molecule has 3 rings (SSSR count). The Morgan fingerprint density at radius 1 is 1.22 bits per heavy atom. The molecule has 0 aliphatic carbocycles. The Bertz CT molecular complexity index is 502. The minimum Gasteiger partial charge on any atom is -0.462 e. The molecule has 1 saturated heterocycles. The molecule has 1 aliphatic rings. The van der Waals surface area contributed by atoms with Crippen molar-refractivity contribution in [2.24, 2.45) is 0 Å². The van der Waals surface area contributed by atoms with Crippen LogP contribution in [0.15, 0.2) is 34.9 Å². The van der Waals surface area contributed by atoms with E-state index < -0.39 is 0 Å². The summed E-state index contributed by atoms with van der Waals surface area (Å²) in [4.78, 5) is 2.48. The molecule has 2 N–H and O–H groups in total. The van der Waals surface area contributed by atoms with Crippen molar-refractivity contribution in [1.82, 2.24) is 10.2 Å². The van der Waals surface area contributed by atoms with E-state index in [1.165, 1.54) is 0 Å². The molecule has 1 aromatic heterocycles.